The molecule has 0 aliphatic rings. The lowest BCUT2D eigenvalue weighted by molar-refractivity contribution is -0.118. The Morgan fingerprint density at radius 2 is 1.91 bits per heavy atom. The Hall–Kier alpha value is -1.84. The van der Waals surface area contributed by atoms with Crippen LogP contribution < -0.4 is 16.6 Å². The Labute approximate surface area is 137 Å². The molecule has 0 aliphatic carbocycles. The maximum absolute atomic E-state index is 13.6. The van der Waals surface area contributed by atoms with Gasteiger partial charge in [-0.3, -0.25) is 4.79 Å². The van der Waals surface area contributed by atoms with E-state index in [1.807, 2.05) is 0 Å². The summed E-state index contributed by atoms with van der Waals surface area (Å²) in [5.41, 5.74) is 5.03. The monoisotopic (exact) mass is 391 g/mol. The number of hydrazine groups is 1. The summed E-state index contributed by atoms with van der Waals surface area (Å²) in [6.45, 7) is 0. The summed E-state index contributed by atoms with van der Waals surface area (Å²) in [6, 6.07) is 3.28. The minimum absolute atomic E-state index is 0.0529. The van der Waals surface area contributed by atoms with Gasteiger partial charge in [0.2, 0.25) is 11.9 Å². The number of nitrogen functional groups attached to an aromatic ring is 1. The normalized spacial score (nSPS) is 10.6. The van der Waals surface area contributed by atoms with Crippen molar-refractivity contribution in [2.45, 2.75) is 6.42 Å². The zero-order chi connectivity index (χ0) is 16.4. The predicted octanol–water partition coefficient (Wildman–Crippen LogP) is 2.20. The van der Waals surface area contributed by atoms with Gasteiger partial charge in [0.05, 0.1) is 10.9 Å². The molecule has 1 heterocycles. The SMILES string of the molecule is Nc1nc(Cl)c(Br)c(N(N)C(=O)Cc2c(F)cccc2F)n1. The second-order valence-corrected chi connectivity index (χ2v) is 5.30. The van der Waals surface area contributed by atoms with Crippen molar-refractivity contribution in [1.29, 1.82) is 0 Å². The summed E-state index contributed by atoms with van der Waals surface area (Å²) in [4.78, 5) is 19.5. The van der Waals surface area contributed by atoms with E-state index >= 15 is 0 Å². The third kappa shape index (κ3) is 3.32. The number of anilines is 2. The third-order valence-electron chi connectivity index (χ3n) is 2.70. The minimum Gasteiger partial charge on any atom is -0.368 e. The molecule has 0 saturated heterocycles. The number of carbonyl (C=O) groups excluding carboxylic acids is 1. The van der Waals surface area contributed by atoms with Gasteiger partial charge in [-0.2, -0.15) is 9.97 Å². The average Bonchev–Trinajstić information content (AvgIpc) is 2.46. The molecule has 6 nitrogen and oxygen atoms in total. The predicted molar refractivity (Wildman–Crippen MR) is 80.9 cm³/mol. The van der Waals surface area contributed by atoms with E-state index in [-0.39, 0.29) is 21.4 Å². The van der Waals surface area contributed by atoms with Crippen LogP contribution in [0.4, 0.5) is 20.5 Å². The van der Waals surface area contributed by atoms with E-state index in [1.165, 1.54) is 6.07 Å². The summed E-state index contributed by atoms with van der Waals surface area (Å²) in [5, 5.41) is 0.544. The molecule has 116 valence electrons. The van der Waals surface area contributed by atoms with Gasteiger partial charge >= 0.3 is 0 Å². The number of benzene rings is 1. The molecular weight excluding hydrogens is 384 g/mol. The van der Waals surface area contributed by atoms with Gasteiger partial charge in [0.15, 0.2) is 11.0 Å². The fraction of sp³-hybridized carbons (Fsp3) is 0.0833. The lowest BCUT2D eigenvalue weighted by Crippen LogP contribution is -2.40. The van der Waals surface area contributed by atoms with Crippen molar-refractivity contribution in [2.75, 3.05) is 10.7 Å². The number of aromatic nitrogens is 2. The van der Waals surface area contributed by atoms with E-state index in [0.29, 0.717) is 5.01 Å². The van der Waals surface area contributed by atoms with Gasteiger partial charge in [0.1, 0.15) is 11.6 Å². The molecule has 0 radical (unpaired) electrons. The van der Waals surface area contributed by atoms with E-state index in [0.717, 1.165) is 12.1 Å². The van der Waals surface area contributed by atoms with Gasteiger partial charge in [-0.25, -0.2) is 19.6 Å². The van der Waals surface area contributed by atoms with Crippen LogP contribution in [0.25, 0.3) is 0 Å². The van der Waals surface area contributed by atoms with Crippen molar-refractivity contribution in [3.05, 3.63) is 45.0 Å². The zero-order valence-electron chi connectivity index (χ0n) is 10.9. The molecule has 0 atom stereocenters. The molecule has 4 N–H and O–H groups in total. The lowest BCUT2D eigenvalue weighted by atomic mass is 10.1. The zero-order valence-corrected chi connectivity index (χ0v) is 13.2. The van der Waals surface area contributed by atoms with Gasteiger partial charge < -0.3 is 5.73 Å². The van der Waals surface area contributed by atoms with E-state index in [9.17, 15) is 13.6 Å². The highest BCUT2D eigenvalue weighted by Crippen LogP contribution is 2.30. The molecule has 1 aromatic heterocycles. The number of amides is 1. The molecule has 2 aromatic rings. The summed E-state index contributed by atoms with van der Waals surface area (Å²) in [5.74, 6) is 2.81. The highest BCUT2D eigenvalue weighted by atomic mass is 79.9. The van der Waals surface area contributed by atoms with Crippen LogP contribution in [-0.2, 0) is 11.2 Å². The van der Waals surface area contributed by atoms with Crippen LogP contribution in [0, 0.1) is 11.6 Å². The van der Waals surface area contributed by atoms with E-state index in [1.54, 1.807) is 0 Å². The first-order valence-corrected chi connectivity index (χ1v) is 6.97. The van der Waals surface area contributed by atoms with Crippen LogP contribution in [0.2, 0.25) is 5.15 Å². The van der Waals surface area contributed by atoms with Crippen LogP contribution in [-0.4, -0.2) is 15.9 Å². The van der Waals surface area contributed by atoms with Gasteiger partial charge in [0.25, 0.3) is 0 Å². The standard InChI is InChI=1S/C12H9BrClF2N5O/c13-9-10(14)19-12(17)20-11(9)21(18)8(22)4-5-6(15)2-1-3-7(5)16/h1-3H,4,18H2,(H2,17,19,20). The smallest absolute Gasteiger partial charge is 0.247 e. The molecule has 0 unspecified atom stereocenters. The maximum atomic E-state index is 13.6. The summed E-state index contributed by atoms with van der Waals surface area (Å²) >= 11 is 8.85. The molecule has 0 saturated carbocycles. The quantitative estimate of drug-likeness (QED) is 0.361. The largest absolute Gasteiger partial charge is 0.368 e. The number of hydrogen-bond acceptors (Lipinski definition) is 5. The summed E-state index contributed by atoms with van der Waals surface area (Å²) in [6.07, 6.45) is -0.594. The first kappa shape index (κ1) is 16.5. The van der Waals surface area contributed by atoms with Gasteiger partial charge in [-0.1, -0.05) is 17.7 Å². The second kappa shape index (κ2) is 6.51. The summed E-state index contributed by atoms with van der Waals surface area (Å²) in [7, 11) is 0. The summed E-state index contributed by atoms with van der Waals surface area (Å²) < 4.78 is 27.2. The maximum Gasteiger partial charge on any atom is 0.247 e. The number of rotatable bonds is 3. The van der Waals surface area contributed by atoms with Crippen LogP contribution in [0.1, 0.15) is 5.56 Å². The minimum atomic E-state index is -0.846. The van der Waals surface area contributed by atoms with Crippen LogP contribution in [0.5, 0.6) is 0 Å². The highest BCUT2D eigenvalue weighted by Gasteiger charge is 2.22. The molecule has 0 fully saturated rings. The lowest BCUT2D eigenvalue weighted by Gasteiger charge is -2.18. The number of hydrogen-bond donors (Lipinski definition) is 2. The van der Waals surface area contributed by atoms with Gasteiger partial charge in [-0.15, -0.1) is 0 Å². The molecular formula is C12H9BrClF2N5O. The Morgan fingerprint density at radius 1 is 1.32 bits per heavy atom. The molecule has 0 bridgehead atoms. The number of nitrogens with zero attached hydrogens (tertiary/aromatic N) is 3. The second-order valence-electron chi connectivity index (χ2n) is 4.15. The molecule has 22 heavy (non-hydrogen) atoms. The van der Waals surface area contributed by atoms with E-state index < -0.39 is 29.5 Å². The number of nitrogens with two attached hydrogens (primary N) is 2. The fourth-order valence-corrected chi connectivity index (χ4v) is 2.18. The molecule has 1 amide bonds. The van der Waals surface area contributed by atoms with Gasteiger partial charge in [-0.05, 0) is 28.1 Å². The number of carbonyl (C=O) groups is 1. The Bertz CT molecular complexity index is 725. The Kier molecular flexibility index (Phi) is 4.89. The molecule has 1 aromatic carbocycles. The van der Waals surface area contributed by atoms with Crippen molar-refractivity contribution in [2.24, 2.45) is 5.84 Å². The van der Waals surface area contributed by atoms with Crippen LogP contribution in [0.15, 0.2) is 22.7 Å². The molecule has 0 spiro atoms. The molecule has 2 rings (SSSR count). The van der Waals surface area contributed by atoms with Crippen molar-refractivity contribution < 1.29 is 13.6 Å². The Balaban J connectivity index is 2.31. The molecule has 10 heteroatoms. The van der Waals surface area contributed by atoms with Crippen LogP contribution in [0.3, 0.4) is 0 Å². The van der Waals surface area contributed by atoms with Crippen LogP contribution >= 0.6 is 27.5 Å². The fourth-order valence-electron chi connectivity index (χ4n) is 1.64. The topological polar surface area (TPSA) is 98.1 Å². The van der Waals surface area contributed by atoms with Crippen molar-refractivity contribution in [3.63, 3.8) is 0 Å². The first-order valence-electron chi connectivity index (χ1n) is 5.80. The third-order valence-corrected chi connectivity index (χ3v) is 3.93. The van der Waals surface area contributed by atoms with E-state index in [2.05, 4.69) is 25.9 Å². The average molecular weight is 393 g/mol. The van der Waals surface area contributed by atoms with Crippen molar-refractivity contribution in [3.8, 4) is 0 Å². The molecule has 0 aliphatic heterocycles. The highest BCUT2D eigenvalue weighted by molar-refractivity contribution is 9.10. The first-order chi connectivity index (χ1) is 10.3. The van der Waals surface area contributed by atoms with E-state index in [4.69, 9.17) is 23.2 Å². The Morgan fingerprint density at radius 3 is 2.50 bits per heavy atom. The number of halogens is 4. The van der Waals surface area contributed by atoms with Gasteiger partial charge in [0, 0.05) is 5.56 Å². The van der Waals surface area contributed by atoms with Crippen molar-refractivity contribution >= 4 is 45.2 Å². The van der Waals surface area contributed by atoms with Crippen molar-refractivity contribution in [1.82, 2.24) is 9.97 Å².